The van der Waals surface area contributed by atoms with Crippen LogP contribution in [0.1, 0.15) is 65.7 Å². The van der Waals surface area contributed by atoms with Gasteiger partial charge in [0.2, 0.25) is 17.7 Å². The maximum atomic E-state index is 13.4. The first-order chi connectivity index (χ1) is 15.4. The number of likely N-dealkylation sites (tertiary alicyclic amines) is 1. The van der Waals surface area contributed by atoms with Gasteiger partial charge in [-0.2, -0.15) is 0 Å². The van der Waals surface area contributed by atoms with Gasteiger partial charge in [-0.1, -0.05) is 12.7 Å². The zero-order valence-electron chi connectivity index (χ0n) is 20.9. The van der Waals surface area contributed by atoms with Gasteiger partial charge in [-0.3, -0.25) is 19.2 Å². The van der Waals surface area contributed by atoms with E-state index in [0.717, 1.165) is 19.3 Å². The van der Waals surface area contributed by atoms with E-state index >= 15 is 0 Å². The van der Waals surface area contributed by atoms with Crippen molar-refractivity contribution in [2.24, 2.45) is 11.3 Å². The molecule has 3 rings (SSSR count). The largest absolute Gasteiger partial charge is 0.377 e. The van der Waals surface area contributed by atoms with Crippen LogP contribution >= 0.6 is 0 Å². The van der Waals surface area contributed by atoms with Gasteiger partial charge in [0.05, 0.1) is 6.04 Å². The number of nitrogens with one attached hydrogen (secondary N) is 2. The first kappa shape index (κ1) is 25.8. The molecule has 0 bridgehead atoms. The lowest BCUT2D eigenvalue weighted by atomic mass is 9.85. The Morgan fingerprint density at radius 1 is 1.33 bits per heavy atom. The molecule has 33 heavy (non-hydrogen) atoms. The van der Waals surface area contributed by atoms with Crippen molar-refractivity contribution < 1.29 is 23.9 Å². The van der Waals surface area contributed by atoms with Crippen LogP contribution in [0.5, 0.6) is 0 Å². The number of hydrogen-bond acceptors (Lipinski definition) is 5. The predicted molar refractivity (Wildman–Crippen MR) is 130 cm³/mol. The molecule has 2 N–H and O–H groups in total. The minimum Gasteiger partial charge on any atom is -0.377 e. The zero-order chi connectivity index (χ0) is 24.4. The number of ketones is 1. The third-order valence-corrected chi connectivity index (χ3v) is 7.06. The fourth-order valence-electron chi connectivity index (χ4n) is 4.73. The molecule has 2 heterocycles. The van der Waals surface area contributed by atoms with Crippen molar-refractivity contribution in [1.29, 1.82) is 0 Å². The zero-order valence-corrected chi connectivity index (χ0v) is 20.9. The molecule has 0 radical (unpaired) electrons. The van der Waals surface area contributed by atoms with Crippen LogP contribution in [0.25, 0.3) is 0 Å². The Kier molecular flexibility index (Phi) is 7.97. The number of Topliss-reactive ketones (excluding diaryl/α,β-unsaturated/α-hetero) is 1. The quantitative estimate of drug-likeness (QED) is 0.408. The van der Waals surface area contributed by atoms with Crippen LogP contribution in [-0.4, -0.2) is 81.4 Å². The fourth-order valence-corrected chi connectivity index (χ4v) is 4.73. The Labute approximate surface area is 199 Å². The number of hydrogen-bond donors (Lipinski definition) is 2. The first-order valence-corrected chi connectivity index (χ1v) is 12.4. The summed E-state index contributed by atoms with van der Waals surface area (Å²) in [4.78, 5) is 53.2. The van der Waals surface area contributed by atoms with Crippen molar-refractivity contribution in [1.82, 2.24) is 15.5 Å². The van der Waals surface area contributed by atoms with E-state index in [1.165, 1.54) is 0 Å². The van der Waals surface area contributed by atoms with Gasteiger partial charge in [0.1, 0.15) is 28.3 Å². The smallest absolute Gasteiger partial charge is 0.243 e. The molecule has 1 spiro atoms. The third kappa shape index (κ3) is 7.08. The SMILES string of the molecule is BC(C)CCC(=O)N1CC2(CC2)C[C@H]1C(=O)N[C@@H](C[C@@H]1CCNC1=O)C(=O)COC(B)(C)C. The number of carbonyl (C=O) groups is 4. The van der Waals surface area contributed by atoms with Gasteiger partial charge < -0.3 is 20.3 Å². The van der Waals surface area contributed by atoms with Crippen molar-refractivity contribution in [3.63, 3.8) is 0 Å². The van der Waals surface area contributed by atoms with Crippen LogP contribution < -0.4 is 10.6 Å². The normalized spacial score (nSPS) is 25.5. The lowest BCUT2D eigenvalue weighted by molar-refractivity contribution is -0.140. The third-order valence-electron chi connectivity index (χ3n) is 7.06. The lowest BCUT2D eigenvalue weighted by Gasteiger charge is -2.28. The molecule has 3 amide bonds. The summed E-state index contributed by atoms with van der Waals surface area (Å²) in [5, 5.41) is 5.71. The average molecular weight is 459 g/mol. The minimum atomic E-state index is -0.808. The molecular weight excluding hydrogens is 420 g/mol. The second-order valence-electron chi connectivity index (χ2n) is 11.6. The maximum Gasteiger partial charge on any atom is 0.243 e. The molecule has 1 aliphatic carbocycles. The highest BCUT2D eigenvalue weighted by Gasteiger charge is 2.55. The summed E-state index contributed by atoms with van der Waals surface area (Å²) in [5.74, 6) is -0.486. The summed E-state index contributed by atoms with van der Waals surface area (Å²) >= 11 is 0. The van der Waals surface area contributed by atoms with Crippen LogP contribution in [0.15, 0.2) is 0 Å². The highest BCUT2D eigenvalue weighted by atomic mass is 16.5. The van der Waals surface area contributed by atoms with Crippen LogP contribution in [0.3, 0.4) is 0 Å². The summed E-state index contributed by atoms with van der Waals surface area (Å²) in [6, 6.07) is -1.36. The molecule has 4 atom stereocenters. The van der Waals surface area contributed by atoms with E-state index in [-0.39, 0.29) is 47.9 Å². The van der Waals surface area contributed by atoms with Crippen LogP contribution in [0.4, 0.5) is 0 Å². The molecule has 2 saturated heterocycles. The maximum absolute atomic E-state index is 13.4. The van der Waals surface area contributed by atoms with E-state index in [1.54, 1.807) is 4.90 Å². The molecule has 0 aromatic rings. The molecule has 0 aromatic carbocycles. The molecule has 182 valence electrons. The monoisotopic (exact) mass is 459 g/mol. The van der Waals surface area contributed by atoms with E-state index < -0.39 is 17.6 Å². The number of ether oxygens (including phenoxy) is 1. The highest BCUT2D eigenvalue weighted by Crippen LogP contribution is 2.55. The fraction of sp³-hybridized carbons (Fsp3) is 0.826. The van der Waals surface area contributed by atoms with Gasteiger partial charge >= 0.3 is 0 Å². The van der Waals surface area contributed by atoms with Gasteiger partial charge in [-0.25, -0.2) is 0 Å². The van der Waals surface area contributed by atoms with E-state index in [4.69, 9.17) is 4.74 Å². The highest BCUT2D eigenvalue weighted by molar-refractivity contribution is 6.14. The Bertz CT molecular complexity index is 779. The van der Waals surface area contributed by atoms with Gasteiger partial charge in [0.25, 0.3) is 0 Å². The van der Waals surface area contributed by atoms with Crippen LogP contribution in [0, 0.1) is 11.3 Å². The standard InChI is InChI=1S/C23H39B2N3O5/c1-14(24)4-5-19(30)28-13-23(7-8-23)11-17(28)21(32)27-16(10-15-6-9-26-20(15)31)18(29)12-33-22(2,3)25/h14-17H,4-13,24-25H2,1-3H3,(H,26,31)(H,27,32)/t14?,15-,16-,17-/m0/s1. The minimum absolute atomic E-state index is 0.0155. The van der Waals surface area contributed by atoms with Crippen molar-refractivity contribution >= 4 is 39.2 Å². The summed E-state index contributed by atoms with van der Waals surface area (Å²) in [6.07, 6.45) is 4.84. The molecule has 2 aliphatic heterocycles. The number of rotatable bonds is 11. The first-order valence-electron chi connectivity index (χ1n) is 12.4. The van der Waals surface area contributed by atoms with E-state index in [9.17, 15) is 19.2 Å². The van der Waals surface area contributed by atoms with E-state index in [0.29, 0.717) is 38.2 Å². The number of nitrogens with zero attached hydrogens (tertiary/aromatic N) is 1. The topological polar surface area (TPSA) is 105 Å². The van der Waals surface area contributed by atoms with Gasteiger partial charge in [0.15, 0.2) is 5.78 Å². The molecule has 8 nitrogen and oxygen atoms in total. The molecule has 3 aliphatic rings. The lowest BCUT2D eigenvalue weighted by Crippen LogP contribution is -2.52. The molecular formula is C23H39B2N3O5. The summed E-state index contributed by atoms with van der Waals surface area (Å²) in [5.41, 5.74) is -0.423. The molecule has 1 saturated carbocycles. The van der Waals surface area contributed by atoms with Crippen molar-refractivity contribution in [2.45, 2.75) is 89.1 Å². The van der Waals surface area contributed by atoms with E-state index in [2.05, 4.69) is 25.4 Å². The Hall–Kier alpha value is -1.83. The number of amides is 3. The number of carbonyl (C=O) groups excluding carboxylic acids is 4. The Morgan fingerprint density at radius 2 is 2.03 bits per heavy atom. The second kappa shape index (κ2) is 10.2. The van der Waals surface area contributed by atoms with Gasteiger partial charge in [0, 0.05) is 30.9 Å². The second-order valence-corrected chi connectivity index (χ2v) is 11.6. The Balaban J connectivity index is 1.69. The molecule has 1 unspecified atom stereocenters. The molecule has 0 aromatic heterocycles. The van der Waals surface area contributed by atoms with Gasteiger partial charge in [-0.05, 0) is 57.8 Å². The van der Waals surface area contributed by atoms with Crippen LogP contribution in [-0.2, 0) is 23.9 Å². The molecule has 3 fully saturated rings. The average Bonchev–Trinajstić information content (AvgIpc) is 3.18. The van der Waals surface area contributed by atoms with Crippen molar-refractivity contribution in [3.8, 4) is 0 Å². The predicted octanol–water partition coefficient (Wildman–Crippen LogP) is -0.445. The van der Waals surface area contributed by atoms with Gasteiger partial charge in [-0.15, -0.1) is 0 Å². The van der Waals surface area contributed by atoms with Crippen LogP contribution in [0.2, 0.25) is 5.82 Å². The molecule has 10 heteroatoms. The van der Waals surface area contributed by atoms with E-state index in [1.807, 2.05) is 21.7 Å². The summed E-state index contributed by atoms with van der Waals surface area (Å²) < 4.78 is 5.66. The van der Waals surface area contributed by atoms with Crippen molar-refractivity contribution in [2.75, 3.05) is 19.7 Å². The summed E-state index contributed by atoms with van der Waals surface area (Å²) in [6.45, 7) is 6.89. The summed E-state index contributed by atoms with van der Waals surface area (Å²) in [7, 11) is 3.95. The van der Waals surface area contributed by atoms with Crippen molar-refractivity contribution in [3.05, 3.63) is 0 Å². The Morgan fingerprint density at radius 3 is 2.58 bits per heavy atom.